The maximum atomic E-state index is 14.1. The fourth-order valence-corrected chi connectivity index (χ4v) is 4.45. The number of rotatable bonds is 5. The molecule has 4 rings (SSSR count). The highest BCUT2D eigenvalue weighted by atomic mass is 35.5. The zero-order chi connectivity index (χ0) is 22.1. The van der Waals surface area contributed by atoms with Crippen LogP contribution in [-0.2, 0) is 17.9 Å². The molecule has 31 heavy (non-hydrogen) atoms. The van der Waals surface area contributed by atoms with Gasteiger partial charge in [0.2, 0.25) is 5.91 Å². The molecule has 2 heterocycles. The molecule has 4 aromatic rings. The van der Waals surface area contributed by atoms with E-state index in [1.54, 1.807) is 42.6 Å². The lowest BCUT2D eigenvalue weighted by atomic mass is 10.2. The monoisotopic (exact) mass is 457 g/mol. The molecular weight excluding hydrogens is 441 g/mol. The summed E-state index contributed by atoms with van der Waals surface area (Å²) in [5.41, 5.74) is 0.597. The summed E-state index contributed by atoms with van der Waals surface area (Å²) in [7, 11) is 0. The first kappa shape index (κ1) is 21.0. The van der Waals surface area contributed by atoms with E-state index in [1.165, 1.54) is 22.8 Å². The van der Waals surface area contributed by atoms with Crippen LogP contribution in [0.5, 0.6) is 0 Å². The number of carbonyl (C=O) groups excluding carboxylic acids is 1. The van der Waals surface area contributed by atoms with Gasteiger partial charge in [0.05, 0.1) is 22.8 Å². The number of hydrogen-bond acceptors (Lipinski definition) is 4. The van der Waals surface area contributed by atoms with Gasteiger partial charge in [-0.25, -0.2) is 9.18 Å². The van der Waals surface area contributed by atoms with Crippen molar-refractivity contribution in [1.82, 2.24) is 9.13 Å². The number of aryl methyl sites for hydroxylation is 1. The number of halogens is 2. The van der Waals surface area contributed by atoms with Crippen LogP contribution in [0, 0.1) is 12.7 Å². The normalized spacial score (nSPS) is 11.1. The summed E-state index contributed by atoms with van der Waals surface area (Å²) in [5.74, 6) is -0.986. The van der Waals surface area contributed by atoms with E-state index in [-0.39, 0.29) is 18.7 Å². The van der Waals surface area contributed by atoms with Crippen molar-refractivity contribution in [2.45, 2.75) is 20.0 Å². The minimum absolute atomic E-state index is 0.209. The lowest BCUT2D eigenvalue weighted by Gasteiger charge is -2.14. The summed E-state index contributed by atoms with van der Waals surface area (Å²) in [6.07, 6.45) is 0. The third kappa shape index (κ3) is 4.04. The molecule has 0 spiro atoms. The molecule has 0 saturated carbocycles. The van der Waals surface area contributed by atoms with Gasteiger partial charge in [-0.1, -0.05) is 41.9 Å². The Kier molecular flexibility index (Phi) is 5.75. The van der Waals surface area contributed by atoms with Crippen LogP contribution >= 0.6 is 22.9 Å². The van der Waals surface area contributed by atoms with E-state index >= 15 is 0 Å². The molecule has 2 aromatic heterocycles. The van der Waals surface area contributed by atoms with E-state index < -0.39 is 23.0 Å². The van der Waals surface area contributed by atoms with Crippen molar-refractivity contribution in [3.63, 3.8) is 0 Å². The van der Waals surface area contributed by atoms with Crippen LogP contribution in [0.2, 0.25) is 5.02 Å². The van der Waals surface area contributed by atoms with Gasteiger partial charge in [-0.3, -0.25) is 18.7 Å². The number of aromatic nitrogens is 2. The highest BCUT2D eigenvalue weighted by Gasteiger charge is 2.18. The number of nitrogens with one attached hydrogen (secondary N) is 1. The van der Waals surface area contributed by atoms with Crippen molar-refractivity contribution in [2.75, 3.05) is 5.32 Å². The highest BCUT2D eigenvalue weighted by Crippen LogP contribution is 2.25. The molecule has 0 atom stereocenters. The first-order valence-corrected chi connectivity index (χ1v) is 10.6. The van der Waals surface area contributed by atoms with Crippen LogP contribution in [0.1, 0.15) is 11.1 Å². The number of anilines is 1. The SMILES string of the molecule is Cc1cccc(Cl)c1NC(=O)Cn1c(=O)n(Cc2ccccc2F)c(=O)c2sccc21. The summed E-state index contributed by atoms with van der Waals surface area (Å²) < 4.78 is 16.6. The van der Waals surface area contributed by atoms with Gasteiger partial charge < -0.3 is 5.32 Å². The molecular formula is C22H17ClFN3O3S. The van der Waals surface area contributed by atoms with Gasteiger partial charge in [-0.2, -0.15) is 0 Å². The second kappa shape index (κ2) is 8.49. The number of para-hydroxylation sites is 1. The van der Waals surface area contributed by atoms with Crippen LogP contribution in [0.25, 0.3) is 10.2 Å². The average molecular weight is 458 g/mol. The Morgan fingerprint density at radius 1 is 1.10 bits per heavy atom. The number of nitrogens with zero attached hydrogens (tertiary/aromatic N) is 2. The van der Waals surface area contributed by atoms with Gasteiger partial charge in [0.1, 0.15) is 17.1 Å². The number of fused-ring (bicyclic) bond motifs is 1. The van der Waals surface area contributed by atoms with Crippen molar-refractivity contribution in [1.29, 1.82) is 0 Å². The number of carbonyl (C=O) groups is 1. The lowest BCUT2D eigenvalue weighted by Crippen LogP contribution is -2.41. The molecule has 2 aromatic carbocycles. The van der Waals surface area contributed by atoms with Crippen LogP contribution < -0.4 is 16.6 Å². The third-order valence-electron chi connectivity index (χ3n) is 4.91. The van der Waals surface area contributed by atoms with Crippen LogP contribution in [-0.4, -0.2) is 15.0 Å². The standard InChI is InChI=1S/C22H17ClFN3O3S/c1-13-5-4-7-15(23)19(13)25-18(28)12-26-17-9-10-31-20(17)21(29)27(22(26)30)11-14-6-2-3-8-16(14)24/h2-10H,11-12H2,1H3,(H,25,28). The van der Waals surface area contributed by atoms with Gasteiger partial charge in [-0.05, 0) is 36.1 Å². The fourth-order valence-electron chi connectivity index (χ4n) is 3.34. The molecule has 0 saturated heterocycles. The van der Waals surface area contributed by atoms with E-state index in [0.717, 1.165) is 21.5 Å². The Bertz CT molecular complexity index is 1400. The van der Waals surface area contributed by atoms with Crippen molar-refractivity contribution < 1.29 is 9.18 Å². The summed E-state index contributed by atoms with van der Waals surface area (Å²) >= 11 is 7.34. The van der Waals surface area contributed by atoms with Crippen molar-refractivity contribution in [3.05, 3.63) is 96.7 Å². The fraction of sp³-hybridized carbons (Fsp3) is 0.136. The Hall–Kier alpha value is -3.23. The topological polar surface area (TPSA) is 73.1 Å². The Labute approximate surface area is 185 Å². The van der Waals surface area contributed by atoms with Crippen LogP contribution in [0.15, 0.2) is 63.5 Å². The van der Waals surface area contributed by atoms with Crippen LogP contribution in [0.3, 0.4) is 0 Å². The van der Waals surface area contributed by atoms with Crippen molar-refractivity contribution in [2.24, 2.45) is 0 Å². The highest BCUT2D eigenvalue weighted by molar-refractivity contribution is 7.17. The molecule has 158 valence electrons. The lowest BCUT2D eigenvalue weighted by molar-refractivity contribution is -0.116. The molecule has 9 heteroatoms. The van der Waals surface area contributed by atoms with E-state index in [1.807, 2.05) is 0 Å². The van der Waals surface area contributed by atoms with Gasteiger partial charge >= 0.3 is 5.69 Å². The minimum Gasteiger partial charge on any atom is -0.323 e. The molecule has 6 nitrogen and oxygen atoms in total. The van der Waals surface area contributed by atoms with E-state index in [2.05, 4.69) is 5.32 Å². The maximum absolute atomic E-state index is 14.1. The average Bonchev–Trinajstić information content (AvgIpc) is 3.23. The first-order chi connectivity index (χ1) is 14.9. The van der Waals surface area contributed by atoms with E-state index in [4.69, 9.17) is 11.6 Å². The molecule has 0 aliphatic carbocycles. The third-order valence-corrected chi connectivity index (χ3v) is 6.12. The smallest absolute Gasteiger partial charge is 0.323 e. The molecule has 0 unspecified atom stereocenters. The second-order valence-corrected chi connectivity index (χ2v) is 8.29. The number of thiophene rings is 1. The Morgan fingerprint density at radius 3 is 2.61 bits per heavy atom. The van der Waals surface area contributed by atoms with Crippen molar-refractivity contribution >= 4 is 44.7 Å². The van der Waals surface area contributed by atoms with Crippen molar-refractivity contribution in [3.8, 4) is 0 Å². The van der Waals surface area contributed by atoms with E-state index in [0.29, 0.717) is 20.9 Å². The first-order valence-electron chi connectivity index (χ1n) is 9.36. The van der Waals surface area contributed by atoms with Gasteiger partial charge in [0.15, 0.2) is 0 Å². The maximum Gasteiger partial charge on any atom is 0.332 e. The second-order valence-electron chi connectivity index (χ2n) is 6.97. The summed E-state index contributed by atoms with van der Waals surface area (Å²) in [6.45, 7) is 1.25. The summed E-state index contributed by atoms with van der Waals surface area (Å²) in [6, 6.07) is 12.8. The zero-order valence-electron chi connectivity index (χ0n) is 16.4. The predicted octanol–water partition coefficient (Wildman–Crippen LogP) is 4.01. The Morgan fingerprint density at radius 2 is 1.87 bits per heavy atom. The van der Waals surface area contributed by atoms with Crippen LogP contribution in [0.4, 0.5) is 10.1 Å². The largest absolute Gasteiger partial charge is 0.332 e. The minimum atomic E-state index is -0.690. The predicted molar refractivity (Wildman–Crippen MR) is 121 cm³/mol. The quantitative estimate of drug-likeness (QED) is 0.492. The van der Waals surface area contributed by atoms with Gasteiger partial charge in [-0.15, -0.1) is 11.3 Å². The molecule has 0 bridgehead atoms. The molecule has 0 radical (unpaired) electrons. The molecule has 0 aliphatic rings. The zero-order valence-corrected chi connectivity index (χ0v) is 18.0. The van der Waals surface area contributed by atoms with Gasteiger partial charge in [0, 0.05) is 5.56 Å². The number of hydrogen-bond donors (Lipinski definition) is 1. The Balaban J connectivity index is 1.75. The molecule has 1 N–H and O–H groups in total. The summed E-state index contributed by atoms with van der Waals surface area (Å²) in [4.78, 5) is 38.7. The number of amides is 1. The summed E-state index contributed by atoms with van der Waals surface area (Å²) in [5, 5.41) is 4.78. The van der Waals surface area contributed by atoms with Gasteiger partial charge in [0.25, 0.3) is 5.56 Å². The number of benzene rings is 2. The van der Waals surface area contributed by atoms with E-state index in [9.17, 15) is 18.8 Å². The molecule has 1 amide bonds. The molecule has 0 fully saturated rings. The molecule has 0 aliphatic heterocycles.